The Morgan fingerprint density at radius 3 is 2.24 bits per heavy atom. The highest BCUT2D eigenvalue weighted by Gasteiger charge is 2.55. The summed E-state index contributed by atoms with van der Waals surface area (Å²) >= 11 is 0. The van der Waals surface area contributed by atoms with Crippen molar-refractivity contribution in [2.24, 2.45) is 11.8 Å². The number of rotatable bonds is 6. The molecule has 2 heterocycles. The van der Waals surface area contributed by atoms with Crippen molar-refractivity contribution in [3.05, 3.63) is 35.9 Å². The Bertz CT molecular complexity index is 734. The second-order valence-corrected chi connectivity index (χ2v) is 10.1. The van der Waals surface area contributed by atoms with Gasteiger partial charge in [0, 0.05) is 31.1 Å². The SMILES string of the molecule is CN(C)[C@]1(c2ccccc2)CC[C@@]2(CC1)CN(CC1COC1)C(=O)N2CC1CC1. The summed E-state index contributed by atoms with van der Waals surface area (Å²) in [6, 6.07) is 11.3. The lowest BCUT2D eigenvalue weighted by Gasteiger charge is -2.51. The predicted molar refractivity (Wildman–Crippen MR) is 114 cm³/mol. The minimum atomic E-state index is 0.0264. The van der Waals surface area contributed by atoms with E-state index in [1.54, 1.807) is 0 Å². The average molecular weight is 398 g/mol. The highest BCUT2D eigenvalue weighted by Crippen LogP contribution is 2.50. The van der Waals surface area contributed by atoms with E-state index >= 15 is 0 Å². The van der Waals surface area contributed by atoms with Gasteiger partial charge in [0.15, 0.2) is 0 Å². The summed E-state index contributed by atoms with van der Waals surface area (Å²) in [4.78, 5) is 20.3. The van der Waals surface area contributed by atoms with Crippen LogP contribution in [-0.2, 0) is 10.3 Å². The van der Waals surface area contributed by atoms with Gasteiger partial charge in [0.1, 0.15) is 0 Å². The molecule has 2 aliphatic carbocycles. The van der Waals surface area contributed by atoms with Gasteiger partial charge in [0.25, 0.3) is 0 Å². The van der Waals surface area contributed by atoms with Crippen LogP contribution in [-0.4, -0.2) is 73.2 Å². The molecular formula is C24H35N3O2. The van der Waals surface area contributed by atoms with Gasteiger partial charge in [-0.05, 0) is 64.1 Å². The van der Waals surface area contributed by atoms with Crippen molar-refractivity contribution in [3.8, 4) is 0 Å². The van der Waals surface area contributed by atoms with Gasteiger partial charge in [-0.1, -0.05) is 30.3 Å². The zero-order valence-corrected chi connectivity index (χ0v) is 18.0. The third kappa shape index (κ3) is 3.36. The molecule has 1 spiro atoms. The number of benzene rings is 1. The lowest BCUT2D eigenvalue weighted by atomic mass is 9.68. The number of hydrogen-bond acceptors (Lipinski definition) is 3. The van der Waals surface area contributed by atoms with Crippen LogP contribution in [0.3, 0.4) is 0 Å². The molecule has 5 nitrogen and oxygen atoms in total. The maximum atomic E-state index is 13.4. The molecule has 0 unspecified atom stereocenters. The molecule has 0 aromatic heterocycles. The van der Waals surface area contributed by atoms with Gasteiger partial charge in [-0.25, -0.2) is 4.79 Å². The average Bonchev–Trinajstić information content (AvgIpc) is 3.49. The summed E-state index contributed by atoms with van der Waals surface area (Å²) in [5, 5.41) is 0. The van der Waals surface area contributed by atoms with E-state index in [1.807, 2.05) is 0 Å². The number of nitrogens with zero attached hydrogens (tertiary/aromatic N) is 3. The van der Waals surface area contributed by atoms with Gasteiger partial charge in [0.05, 0.1) is 18.8 Å². The molecule has 0 N–H and O–H groups in total. The molecule has 158 valence electrons. The Labute approximate surface area is 175 Å². The van der Waals surface area contributed by atoms with Crippen molar-refractivity contribution in [1.82, 2.24) is 14.7 Å². The molecule has 5 heteroatoms. The lowest BCUT2D eigenvalue weighted by molar-refractivity contribution is -0.0414. The largest absolute Gasteiger partial charge is 0.381 e. The summed E-state index contributed by atoms with van der Waals surface area (Å²) in [6.07, 6.45) is 6.99. The Morgan fingerprint density at radius 2 is 1.69 bits per heavy atom. The van der Waals surface area contributed by atoms with E-state index in [-0.39, 0.29) is 11.1 Å². The summed E-state index contributed by atoms with van der Waals surface area (Å²) < 4.78 is 5.36. The summed E-state index contributed by atoms with van der Waals surface area (Å²) in [5.74, 6) is 1.27. The number of carbonyl (C=O) groups is 1. The molecule has 4 fully saturated rings. The zero-order chi connectivity index (χ0) is 20.1. The fourth-order valence-corrected chi connectivity index (χ4v) is 5.86. The monoisotopic (exact) mass is 397 g/mol. The van der Waals surface area contributed by atoms with Crippen LogP contribution >= 0.6 is 0 Å². The molecule has 1 aromatic carbocycles. The van der Waals surface area contributed by atoms with E-state index in [2.05, 4.69) is 59.1 Å². The Morgan fingerprint density at radius 1 is 1.00 bits per heavy atom. The van der Waals surface area contributed by atoms with E-state index in [9.17, 15) is 4.79 Å². The molecule has 0 bridgehead atoms. The van der Waals surface area contributed by atoms with E-state index in [4.69, 9.17) is 4.74 Å². The van der Waals surface area contributed by atoms with Crippen LogP contribution in [0.1, 0.15) is 44.1 Å². The van der Waals surface area contributed by atoms with Gasteiger partial charge in [-0.2, -0.15) is 0 Å². The van der Waals surface area contributed by atoms with Crippen LogP contribution in [0, 0.1) is 11.8 Å². The van der Waals surface area contributed by atoms with Crippen LogP contribution in [0.5, 0.6) is 0 Å². The topological polar surface area (TPSA) is 36.0 Å². The number of ether oxygens (including phenoxy) is 1. The van der Waals surface area contributed by atoms with Crippen LogP contribution in [0.4, 0.5) is 4.79 Å². The molecule has 2 saturated carbocycles. The first-order valence-electron chi connectivity index (χ1n) is 11.4. The normalized spacial score (nSPS) is 33.0. The zero-order valence-electron chi connectivity index (χ0n) is 18.0. The summed E-state index contributed by atoms with van der Waals surface area (Å²) in [5.41, 5.74) is 1.52. The second kappa shape index (κ2) is 7.28. The maximum absolute atomic E-state index is 13.4. The molecule has 5 rings (SSSR count). The first-order chi connectivity index (χ1) is 14.0. The van der Waals surface area contributed by atoms with Crippen molar-refractivity contribution in [3.63, 3.8) is 0 Å². The quantitative estimate of drug-likeness (QED) is 0.737. The minimum Gasteiger partial charge on any atom is -0.381 e. The number of hydrogen-bond donors (Lipinski definition) is 0. The number of urea groups is 1. The number of carbonyl (C=O) groups excluding carboxylic acids is 1. The van der Waals surface area contributed by atoms with E-state index < -0.39 is 0 Å². The molecule has 2 aliphatic heterocycles. The highest BCUT2D eigenvalue weighted by atomic mass is 16.5. The Balaban J connectivity index is 1.38. The van der Waals surface area contributed by atoms with Gasteiger partial charge in [-0.3, -0.25) is 4.90 Å². The van der Waals surface area contributed by atoms with Crippen molar-refractivity contribution in [2.75, 3.05) is 46.9 Å². The third-order valence-corrected chi connectivity index (χ3v) is 8.06. The standard InChI is InChI=1S/C24H35N3O2/c1-25(2)24(21-6-4-3-5-7-21)12-10-23(11-13-24)18-26(14-20-16-29-17-20)22(28)27(23)15-19-8-9-19/h3-7,19-20H,8-18H2,1-2H3/t23-,24-. The van der Waals surface area contributed by atoms with Gasteiger partial charge in [-0.15, -0.1) is 0 Å². The van der Waals surface area contributed by atoms with E-state index in [0.29, 0.717) is 11.9 Å². The molecule has 1 aromatic rings. The molecule has 0 atom stereocenters. The Hall–Kier alpha value is -1.59. The van der Waals surface area contributed by atoms with Crippen LogP contribution in [0.15, 0.2) is 30.3 Å². The summed E-state index contributed by atoms with van der Waals surface area (Å²) in [7, 11) is 4.44. The van der Waals surface area contributed by atoms with Crippen molar-refractivity contribution in [2.45, 2.75) is 49.6 Å². The maximum Gasteiger partial charge on any atom is 0.320 e. The summed E-state index contributed by atoms with van der Waals surface area (Å²) in [6.45, 7) is 4.39. The van der Waals surface area contributed by atoms with E-state index in [0.717, 1.165) is 64.4 Å². The van der Waals surface area contributed by atoms with Crippen molar-refractivity contribution in [1.29, 1.82) is 0 Å². The molecule has 29 heavy (non-hydrogen) atoms. The lowest BCUT2D eigenvalue weighted by Crippen LogP contribution is -2.55. The van der Waals surface area contributed by atoms with Crippen LogP contribution in [0.25, 0.3) is 0 Å². The smallest absolute Gasteiger partial charge is 0.320 e. The van der Waals surface area contributed by atoms with Gasteiger partial charge >= 0.3 is 6.03 Å². The van der Waals surface area contributed by atoms with Crippen molar-refractivity contribution < 1.29 is 9.53 Å². The highest BCUT2D eigenvalue weighted by molar-refractivity contribution is 5.78. The molecule has 2 saturated heterocycles. The third-order valence-electron chi connectivity index (χ3n) is 8.06. The van der Waals surface area contributed by atoms with Crippen LogP contribution in [0.2, 0.25) is 0 Å². The Kier molecular flexibility index (Phi) is 4.86. The molecule has 4 aliphatic rings. The van der Waals surface area contributed by atoms with Crippen molar-refractivity contribution >= 4 is 6.03 Å². The molecule has 2 amide bonds. The van der Waals surface area contributed by atoms with Gasteiger partial charge < -0.3 is 14.5 Å². The molecule has 0 radical (unpaired) electrons. The first-order valence-corrected chi connectivity index (χ1v) is 11.4. The van der Waals surface area contributed by atoms with Crippen LogP contribution < -0.4 is 0 Å². The van der Waals surface area contributed by atoms with E-state index in [1.165, 1.54) is 18.4 Å². The first kappa shape index (κ1) is 19.4. The predicted octanol–water partition coefficient (Wildman–Crippen LogP) is 3.55. The minimum absolute atomic E-state index is 0.0264. The molecular weight excluding hydrogens is 362 g/mol. The number of amides is 2. The van der Waals surface area contributed by atoms with Gasteiger partial charge in [0.2, 0.25) is 0 Å². The second-order valence-electron chi connectivity index (χ2n) is 10.1. The fraction of sp³-hybridized carbons (Fsp3) is 0.708. The fourth-order valence-electron chi connectivity index (χ4n) is 5.86.